The van der Waals surface area contributed by atoms with Gasteiger partial charge in [0.25, 0.3) is 0 Å². The van der Waals surface area contributed by atoms with Crippen molar-refractivity contribution in [2.75, 3.05) is 39.8 Å². The van der Waals surface area contributed by atoms with Gasteiger partial charge in [-0.15, -0.1) is 11.3 Å². The highest BCUT2D eigenvalue weighted by Crippen LogP contribution is 2.09. The highest BCUT2D eigenvalue weighted by molar-refractivity contribution is 7.09. The molecule has 1 aromatic heterocycles. The minimum Gasteiger partial charge on any atom is -0.311 e. The van der Waals surface area contributed by atoms with E-state index in [1.165, 1.54) is 37.5 Å². The van der Waals surface area contributed by atoms with Gasteiger partial charge in [0.15, 0.2) is 0 Å². The van der Waals surface area contributed by atoms with E-state index in [1.54, 1.807) is 0 Å². The van der Waals surface area contributed by atoms with Crippen LogP contribution >= 0.6 is 11.3 Å². The van der Waals surface area contributed by atoms with Crippen molar-refractivity contribution >= 4 is 11.3 Å². The normalized spacial score (nSPS) is 23.1. The van der Waals surface area contributed by atoms with Crippen LogP contribution in [0.15, 0.2) is 17.5 Å². The summed E-state index contributed by atoms with van der Waals surface area (Å²) in [6, 6.07) is 5.00. The smallest absolute Gasteiger partial charge is 0.0300 e. The molecule has 1 aromatic rings. The van der Waals surface area contributed by atoms with Crippen LogP contribution in [0.1, 0.15) is 18.2 Å². The third-order valence-corrected chi connectivity index (χ3v) is 4.52. The van der Waals surface area contributed by atoms with Gasteiger partial charge in [-0.3, -0.25) is 4.90 Å². The zero-order valence-electron chi connectivity index (χ0n) is 11.6. The van der Waals surface area contributed by atoms with Gasteiger partial charge < -0.3 is 10.2 Å². The Morgan fingerprint density at radius 2 is 2.33 bits per heavy atom. The third kappa shape index (κ3) is 4.35. The van der Waals surface area contributed by atoms with Gasteiger partial charge in [-0.05, 0) is 44.9 Å². The Kier molecular flexibility index (Phi) is 5.63. The summed E-state index contributed by atoms with van der Waals surface area (Å²) in [6.45, 7) is 9.30. The predicted molar refractivity (Wildman–Crippen MR) is 79.2 cm³/mol. The maximum absolute atomic E-state index is 3.54. The second-order valence-corrected chi connectivity index (χ2v) is 6.29. The van der Waals surface area contributed by atoms with Gasteiger partial charge >= 0.3 is 0 Å². The van der Waals surface area contributed by atoms with E-state index < -0.39 is 0 Å². The van der Waals surface area contributed by atoms with Gasteiger partial charge in [0.05, 0.1) is 0 Å². The molecule has 0 aromatic carbocycles. The molecule has 1 saturated heterocycles. The second-order valence-electron chi connectivity index (χ2n) is 5.26. The first-order valence-electron chi connectivity index (χ1n) is 6.91. The molecule has 1 unspecified atom stereocenters. The predicted octanol–water partition coefficient (Wildman–Crippen LogP) is 1.86. The molecule has 2 rings (SSSR count). The van der Waals surface area contributed by atoms with Crippen LogP contribution in [-0.2, 0) is 6.54 Å². The molecule has 0 saturated carbocycles. The monoisotopic (exact) mass is 267 g/mol. The lowest BCUT2D eigenvalue weighted by Crippen LogP contribution is -2.41. The zero-order valence-corrected chi connectivity index (χ0v) is 12.4. The highest BCUT2D eigenvalue weighted by atomic mass is 32.1. The number of nitrogens with one attached hydrogen (secondary N) is 1. The Balaban J connectivity index is 1.66. The van der Waals surface area contributed by atoms with Crippen LogP contribution in [0.3, 0.4) is 0 Å². The van der Waals surface area contributed by atoms with Gasteiger partial charge in [-0.2, -0.15) is 0 Å². The summed E-state index contributed by atoms with van der Waals surface area (Å²) in [7, 11) is 2.23. The molecule has 1 aliphatic heterocycles. The summed E-state index contributed by atoms with van der Waals surface area (Å²) < 4.78 is 0. The molecular formula is C14H25N3S. The standard InChI is InChI=1S/C14H25N3S/c1-13-12-16(2)7-4-8-17(13)9-6-15-11-14-5-3-10-18-14/h3,5,10,13,15H,4,6-9,11-12H2,1-2H3. The lowest BCUT2D eigenvalue weighted by Gasteiger charge is -2.27. The quantitative estimate of drug-likeness (QED) is 0.822. The Morgan fingerprint density at radius 3 is 3.11 bits per heavy atom. The van der Waals surface area contributed by atoms with Gasteiger partial charge in [-0.1, -0.05) is 6.07 Å². The zero-order chi connectivity index (χ0) is 12.8. The minimum absolute atomic E-state index is 0.682. The van der Waals surface area contributed by atoms with Gasteiger partial charge in [-0.25, -0.2) is 0 Å². The molecule has 1 atom stereocenters. The van der Waals surface area contributed by atoms with Crippen LogP contribution in [0.2, 0.25) is 0 Å². The topological polar surface area (TPSA) is 18.5 Å². The first-order valence-corrected chi connectivity index (χ1v) is 7.79. The van der Waals surface area contributed by atoms with Gasteiger partial charge in [0.2, 0.25) is 0 Å². The molecular weight excluding hydrogens is 242 g/mol. The van der Waals surface area contributed by atoms with Crippen molar-refractivity contribution in [3.05, 3.63) is 22.4 Å². The fraction of sp³-hybridized carbons (Fsp3) is 0.714. The molecule has 2 heterocycles. The molecule has 0 amide bonds. The first kappa shape index (κ1) is 14.0. The van der Waals surface area contributed by atoms with E-state index >= 15 is 0 Å². The Labute approximate surface area is 115 Å². The van der Waals surface area contributed by atoms with E-state index in [1.807, 2.05) is 11.3 Å². The highest BCUT2D eigenvalue weighted by Gasteiger charge is 2.18. The molecule has 4 heteroatoms. The van der Waals surface area contributed by atoms with Crippen LogP contribution in [0.5, 0.6) is 0 Å². The van der Waals surface area contributed by atoms with Crippen molar-refractivity contribution < 1.29 is 0 Å². The molecule has 102 valence electrons. The summed E-state index contributed by atoms with van der Waals surface area (Å²) in [5.74, 6) is 0. The molecule has 0 radical (unpaired) electrons. The lowest BCUT2D eigenvalue weighted by molar-refractivity contribution is 0.202. The Morgan fingerprint density at radius 1 is 1.44 bits per heavy atom. The number of nitrogens with zero attached hydrogens (tertiary/aromatic N) is 2. The van der Waals surface area contributed by atoms with Crippen molar-refractivity contribution in [2.45, 2.75) is 25.9 Å². The molecule has 1 aliphatic rings. The number of likely N-dealkylation sites (N-methyl/N-ethyl adjacent to an activating group) is 1. The van der Waals surface area contributed by atoms with Crippen LogP contribution in [0, 0.1) is 0 Å². The van der Waals surface area contributed by atoms with Crippen molar-refractivity contribution in [2.24, 2.45) is 0 Å². The van der Waals surface area contributed by atoms with Crippen LogP contribution in [0.4, 0.5) is 0 Å². The minimum atomic E-state index is 0.682. The molecule has 0 spiro atoms. The van der Waals surface area contributed by atoms with E-state index in [-0.39, 0.29) is 0 Å². The summed E-state index contributed by atoms with van der Waals surface area (Å²) >= 11 is 1.83. The summed E-state index contributed by atoms with van der Waals surface area (Å²) in [5.41, 5.74) is 0. The third-order valence-electron chi connectivity index (χ3n) is 3.64. The van der Waals surface area contributed by atoms with E-state index in [0.717, 1.165) is 13.1 Å². The number of hydrogen-bond donors (Lipinski definition) is 1. The largest absolute Gasteiger partial charge is 0.311 e. The Hall–Kier alpha value is -0.420. The van der Waals surface area contributed by atoms with Crippen LogP contribution in [-0.4, -0.2) is 55.6 Å². The molecule has 0 bridgehead atoms. The van der Waals surface area contributed by atoms with Gasteiger partial charge in [0, 0.05) is 37.1 Å². The van der Waals surface area contributed by atoms with Gasteiger partial charge in [0.1, 0.15) is 0 Å². The number of hydrogen-bond acceptors (Lipinski definition) is 4. The molecule has 3 nitrogen and oxygen atoms in total. The summed E-state index contributed by atoms with van der Waals surface area (Å²) in [5, 5.41) is 5.68. The van der Waals surface area contributed by atoms with Crippen molar-refractivity contribution in [1.29, 1.82) is 0 Å². The molecule has 1 fully saturated rings. The first-order chi connectivity index (χ1) is 8.75. The van der Waals surface area contributed by atoms with Crippen molar-refractivity contribution in [1.82, 2.24) is 15.1 Å². The number of thiophene rings is 1. The van der Waals surface area contributed by atoms with Crippen molar-refractivity contribution in [3.63, 3.8) is 0 Å². The average Bonchev–Trinajstić information content (AvgIpc) is 2.79. The Bertz CT molecular complexity index is 326. The molecule has 0 aliphatic carbocycles. The van der Waals surface area contributed by atoms with E-state index in [9.17, 15) is 0 Å². The van der Waals surface area contributed by atoms with Crippen LogP contribution in [0.25, 0.3) is 0 Å². The average molecular weight is 267 g/mol. The fourth-order valence-electron chi connectivity index (χ4n) is 2.60. The van der Waals surface area contributed by atoms with E-state index in [2.05, 4.69) is 46.6 Å². The fourth-order valence-corrected chi connectivity index (χ4v) is 3.28. The second kappa shape index (κ2) is 7.24. The molecule has 18 heavy (non-hydrogen) atoms. The number of rotatable bonds is 5. The van der Waals surface area contributed by atoms with Crippen molar-refractivity contribution in [3.8, 4) is 0 Å². The van der Waals surface area contributed by atoms with E-state index in [0.29, 0.717) is 6.04 Å². The van der Waals surface area contributed by atoms with Crippen LogP contribution < -0.4 is 5.32 Å². The maximum Gasteiger partial charge on any atom is 0.0300 e. The lowest BCUT2D eigenvalue weighted by atomic mass is 10.2. The maximum atomic E-state index is 3.54. The SMILES string of the molecule is CC1CN(C)CCCN1CCNCc1cccs1. The summed E-state index contributed by atoms with van der Waals surface area (Å²) in [6.07, 6.45) is 1.30. The molecule has 1 N–H and O–H groups in total. The summed E-state index contributed by atoms with van der Waals surface area (Å²) in [4.78, 5) is 6.49. The van der Waals surface area contributed by atoms with E-state index in [4.69, 9.17) is 0 Å².